The number of anilines is 1. The molecule has 0 aliphatic rings. The lowest BCUT2D eigenvalue weighted by Gasteiger charge is -2.06. The number of para-hydroxylation sites is 1. The highest BCUT2D eigenvalue weighted by atomic mass is 79.9. The Balaban J connectivity index is 0.00000320. The van der Waals surface area contributed by atoms with E-state index < -0.39 is 0 Å². The molecule has 164 valence electrons. The van der Waals surface area contributed by atoms with Gasteiger partial charge in [0.05, 0.1) is 5.52 Å². The Labute approximate surface area is 191 Å². The molecule has 6 heteroatoms. The van der Waals surface area contributed by atoms with Gasteiger partial charge in [0, 0.05) is 24.2 Å². The van der Waals surface area contributed by atoms with Gasteiger partial charge < -0.3 is 22.3 Å². The van der Waals surface area contributed by atoms with Crippen LogP contribution in [-0.4, -0.2) is 15.0 Å². The zero-order valence-electron chi connectivity index (χ0n) is 18.3. The van der Waals surface area contributed by atoms with Crippen LogP contribution in [0.3, 0.4) is 0 Å². The molecule has 0 bridgehead atoms. The molecule has 0 aliphatic heterocycles. The number of hydrogen-bond donors (Lipinski definition) is 1. The average Bonchev–Trinajstić information content (AvgIpc) is 3.17. The summed E-state index contributed by atoms with van der Waals surface area (Å²) in [6, 6.07) is 12.3. The third-order valence-corrected chi connectivity index (χ3v) is 5.51. The maximum absolute atomic E-state index is 4.22. The molecule has 2 heterocycles. The number of unbranched alkanes of at least 4 members (excludes halogenated alkanes) is 9. The molecule has 2 aromatic heterocycles. The van der Waals surface area contributed by atoms with Crippen LogP contribution >= 0.6 is 0 Å². The van der Waals surface area contributed by atoms with Gasteiger partial charge in [0.1, 0.15) is 18.7 Å². The summed E-state index contributed by atoms with van der Waals surface area (Å²) in [6.45, 7) is 4.00. The number of nitrogens with one attached hydrogen (secondary N) is 1. The van der Waals surface area contributed by atoms with Gasteiger partial charge in [0.25, 0.3) is 0 Å². The number of rotatable bonds is 14. The fraction of sp³-hybridized carbons (Fsp3) is 0.542. The quantitative estimate of drug-likeness (QED) is 0.289. The van der Waals surface area contributed by atoms with Crippen LogP contribution in [0, 0.1) is 0 Å². The van der Waals surface area contributed by atoms with Gasteiger partial charge in [0.2, 0.25) is 0 Å². The molecule has 0 saturated heterocycles. The predicted molar refractivity (Wildman–Crippen MR) is 120 cm³/mol. The minimum atomic E-state index is 0. The van der Waals surface area contributed by atoms with E-state index in [1.165, 1.54) is 64.2 Å². The third-order valence-electron chi connectivity index (χ3n) is 5.51. The number of halogens is 1. The van der Waals surface area contributed by atoms with Crippen LogP contribution in [0.5, 0.6) is 0 Å². The van der Waals surface area contributed by atoms with Gasteiger partial charge in [-0.2, -0.15) is 0 Å². The van der Waals surface area contributed by atoms with Crippen molar-refractivity contribution in [3.05, 3.63) is 48.8 Å². The summed E-state index contributed by atoms with van der Waals surface area (Å²) in [7, 11) is 0. The van der Waals surface area contributed by atoms with Crippen molar-refractivity contribution >= 4 is 16.7 Å². The molecule has 0 saturated carbocycles. The van der Waals surface area contributed by atoms with Crippen LogP contribution in [0.25, 0.3) is 11.0 Å². The fourth-order valence-corrected chi connectivity index (χ4v) is 3.71. The van der Waals surface area contributed by atoms with Crippen molar-refractivity contribution in [2.45, 2.75) is 84.3 Å². The Morgan fingerprint density at radius 1 is 0.833 bits per heavy atom. The van der Waals surface area contributed by atoms with Crippen LogP contribution in [0.2, 0.25) is 0 Å². The van der Waals surface area contributed by atoms with E-state index in [2.05, 4.69) is 51.6 Å². The number of nitrogens with zero attached hydrogens (tertiary/aromatic N) is 4. The van der Waals surface area contributed by atoms with Crippen molar-refractivity contribution in [3.63, 3.8) is 0 Å². The molecular formula is C24H36BrN5. The van der Waals surface area contributed by atoms with Crippen molar-refractivity contribution < 1.29 is 21.5 Å². The zero-order chi connectivity index (χ0) is 20.2. The third kappa shape index (κ3) is 8.05. The molecule has 3 aromatic rings. The van der Waals surface area contributed by atoms with Gasteiger partial charge in [-0.3, -0.25) is 0 Å². The van der Waals surface area contributed by atoms with Gasteiger partial charge >= 0.3 is 0 Å². The molecule has 1 aromatic carbocycles. The molecule has 0 fully saturated rings. The Morgan fingerprint density at radius 2 is 1.47 bits per heavy atom. The average molecular weight is 474 g/mol. The van der Waals surface area contributed by atoms with Crippen molar-refractivity contribution in [1.82, 2.24) is 15.0 Å². The van der Waals surface area contributed by atoms with Crippen LogP contribution in [0.15, 0.2) is 48.8 Å². The summed E-state index contributed by atoms with van der Waals surface area (Å²) in [6.07, 6.45) is 18.1. The molecule has 5 nitrogen and oxygen atoms in total. The van der Waals surface area contributed by atoms with Crippen LogP contribution in [0.4, 0.5) is 5.69 Å². The molecule has 0 amide bonds. The van der Waals surface area contributed by atoms with E-state index in [0.717, 1.165) is 23.3 Å². The molecule has 0 atom stereocenters. The van der Waals surface area contributed by atoms with Gasteiger partial charge in [-0.15, -0.1) is 5.10 Å². The monoisotopic (exact) mass is 473 g/mol. The predicted octanol–water partition coefficient (Wildman–Crippen LogP) is 2.71. The Bertz CT molecular complexity index is 831. The molecule has 0 unspecified atom stereocenters. The smallest absolute Gasteiger partial charge is 0.170 e. The Kier molecular flexibility index (Phi) is 11.5. The van der Waals surface area contributed by atoms with Crippen molar-refractivity contribution in [2.24, 2.45) is 0 Å². The summed E-state index contributed by atoms with van der Waals surface area (Å²) in [4.78, 5) is 0. The topological polar surface area (TPSA) is 46.6 Å². The van der Waals surface area contributed by atoms with Crippen molar-refractivity contribution in [1.29, 1.82) is 0 Å². The summed E-state index contributed by atoms with van der Waals surface area (Å²) < 4.78 is 4.17. The van der Waals surface area contributed by atoms with E-state index in [0.29, 0.717) is 6.67 Å². The molecule has 1 N–H and O–H groups in total. The molecule has 0 spiro atoms. The number of aryl methyl sites for hydroxylation is 1. The number of pyridine rings is 1. The van der Waals surface area contributed by atoms with Crippen molar-refractivity contribution in [3.8, 4) is 0 Å². The first-order chi connectivity index (χ1) is 14.4. The van der Waals surface area contributed by atoms with E-state index >= 15 is 0 Å². The molecule has 30 heavy (non-hydrogen) atoms. The number of aromatic nitrogens is 4. The first-order valence-electron chi connectivity index (χ1n) is 11.4. The fourth-order valence-electron chi connectivity index (χ4n) is 3.71. The van der Waals surface area contributed by atoms with E-state index in [1.807, 2.05) is 28.9 Å². The van der Waals surface area contributed by atoms with E-state index in [-0.39, 0.29) is 17.0 Å². The molecule has 3 rings (SSSR count). The Hall–Kier alpha value is -1.95. The highest BCUT2D eigenvalue weighted by Crippen LogP contribution is 2.12. The summed E-state index contributed by atoms with van der Waals surface area (Å²) in [5.41, 5.74) is 3.08. The van der Waals surface area contributed by atoms with Crippen LogP contribution in [0.1, 0.15) is 71.1 Å². The SMILES string of the molecule is CCCCCCCCCCCC[n+]1ccc(NCn2nnc3ccccc32)cc1.[Br-]. The Morgan fingerprint density at radius 3 is 2.17 bits per heavy atom. The lowest BCUT2D eigenvalue weighted by molar-refractivity contribution is -0.697. The first-order valence-corrected chi connectivity index (χ1v) is 11.4. The zero-order valence-corrected chi connectivity index (χ0v) is 19.9. The van der Waals surface area contributed by atoms with Gasteiger partial charge in [-0.05, 0) is 18.6 Å². The van der Waals surface area contributed by atoms with Gasteiger partial charge in [-0.1, -0.05) is 75.6 Å². The minimum absolute atomic E-state index is 0. The second-order valence-corrected chi connectivity index (χ2v) is 7.92. The standard InChI is InChI=1S/C24H35N5.BrH/c1-2-3-4-5-6-7-8-9-10-13-18-28-19-16-22(17-20-28)25-21-29-24-15-12-11-14-23(24)26-27-29;/h11-12,14-17,19-20H,2-10,13,18,21H2,1H3;1H. The van der Waals surface area contributed by atoms with Gasteiger partial charge in [-0.25, -0.2) is 9.25 Å². The summed E-state index contributed by atoms with van der Waals surface area (Å²) in [5, 5.41) is 11.8. The summed E-state index contributed by atoms with van der Waals surface area (Å²) in [5.74, 6) is 0. The molecular weight excluding hydrogens is 438 g/mol. The number of benzene rings is 1. The van der Waals surface area contributed by atoms with Crippen LogP contribution in [-0.2, 0) is 13.2 Å². The minimum Gasteiger partial charge on any atom is -1.00 e. The maximum Gasteiger partial charge on any atom is 0.170 e. The van der Waals surface area contributed by atoms with E-state index in [9.17, 15) is 0 Å². The maximum atomic E-state index is 4.22. The summed E-state index contributed by atoms with van der Waals surface area (Å²) >= 11 is 0. The number of fused-ring (bicyclic) bond motifs is 1. The highest BCUT2D eigenvalue weighted by molar-refractivity contribution is 5.73. The van der Waals surface area contributed by atoms with E-state index in [1.54, 1.807) is 0 Å². The van der Waals surface area contributed by atoms with Crippen LogP contribution < -0.4 is 26.9 Å². The lowest BCUT2D eigenvalue weighted by Crippen LogP contribution is -3.00. The lowest BCUT2D eigenvalue weighted by atomic mass is 10.1. The molecule has 0 radical (unpaired) electrons. The highest BCUT2D eigenvalue weighted by Gasteiger charge is 2.04. The largest absolute Gasteiger partial charge is 1.00 e. The normalized spacial score (nSPS) is 10.8. The second-order valence-electron chi connectivity index (χ2n) is 7.92. The van der Waals surface area contributed by atoms with E-state index in [4.69, 9.17) is 0 Å². The number of hydrogen-bond acceptors (Lipinski definition) is 3. The van der Waals surface area contributed by atoms with Gasteiger partial charge in [0.15, 0.2) is 12.4 Å². The molecule has 0 aliphatic carbocycles. The first kappa shape index (κ1) is 24.3. The van der Waals surface area contributed by atoms with Crippen molar-refractivity contribution in [2.75, 3.05) is 5.32 Å². The second kappa shape index (κ2) is 14.1.